The van der Waals surface area contributed by atoms with Gasteiger partial charge in [-0.3, -0.25) is 4.79 Å². The lowest BCUT2D eigenvalue weighted by Crippen LogP contribution is -2.49. The van der Waals surface area contributed by atoms with Crippen LogP contribution in [0.3, 0.4) is 0 Å². The summed E-state index contributed by atoms with van der Waals surface area (Å²) in [6, 6.07) is 8.25. The number of nitrogens with zero attached hydrogens (tertiary/aromatic N) is 4. The Hall–Kier alpha value is -2.43. The lowest BCUT2D eigenvalue weighted by Gasteiger charge is -2.34. The van der Waals surface area contributed by atoms with Gasteiger partial charge in [-0.15, -0.1) is 0 Å². The molecule has 2 heterocycles. The molecule has 1 fully saturated rings. The van der Waals surface area contributed by atoms with Crippen LogP contribution in [0.4, 0.5) is 5.95 Å². The number of hydrogen-bond acceptors (Lipinski definition) is 4. The van der Waals surface area contributed by atoms with Crippen LogP contribution in [0.25, 0.3) is 0 Å². The summed E-state index contributed by atoms with van der Waals surface area (Å²) in [5.41, 5.74) is 3.81. The summed E-state index contributed by atoms with van der Waals surface area (Å²) in [4.78, 5) is 25.1. The molecule has 1 aliphatic rings. The van der Waals surface area contributed by atoms with Gasteiger partial charge in [-0.25, -0.2) is 9.97 Å². The van der Waals surface area contributed by atoms with Crippen molar-refractivity contribution in [3.8, 4) is 0 Å². The van der Waals surface area contributed by atoms with Crippen molar-refractivity contribution in [2.24, 2.45) is 0 Å². The van der Waals surface area contributed by atoms with Crippen molar-refractivity contribution in [3.05, 3.63) is 53.3 Å². The summed E-state index contributed by atoms with van der Waals surface area (Å²) in [5.74, 6) is 0.989. The minimum atomic E-state index is 0.239. The first kappa shape index (κ1) is 16.4. The highest BCUT2D eigenvalue weighted by atomic mass is 16.2. The molecule has 0 saturated carbocycles. The van der Waals surface area contributed by atoms with E-state index in [-0.39, 0.29) is 5.91 Å². The highest BCUT2D eigenvalue weighted by molar-refractivity contribution is 5.76. The maximum atomic E-state index is 12.5. The number of rotatable bonds is 4. The number of carbonyl (C=O) groups excluding carboxylic acids is 1. The molecule has 1 aromatic carbocycles. The highest BCUT2D eigenvalue weighted by Gasteiger charge is 2.22. The Balaban J connectivity index is 1.50. The van der Waals surface area contributed by atoms with E-state index in [1.807, 2.05) is 11.0 Å². The second kappa shape index (κ2) is 7.43. The van der Waals surface area contributed by atoms with Gasteiger partial charge in [0, 0.05) is 45.0 Å². The fourth-order valence-corrected chi connectivity index (χ4v) is 3.14. The topological polar surface area (TPSA) is 49.3 Å². The average molecular weight is 324 g/mol. The van der Waals surface area contributed by atoms with Crippen molar-refractivity contribution in [1.82, 2.24) is 14.9 Å². The third-order valence-electron chi connectivity index (χ3n) is 4.57. The molecule has 0 unspecified atom stereocenters. The lowest BCUT2D eigenvalue weighted by atomic mass is 10.0. The van der Waals surface area contributed by atoms with Crippen LogP contribution in [-0.2, 0) is 11.2 Å². The standard InChI is InChI=1S/C19H24N4O/c1-15-4-5-17(16(2)14-15)6-7-18(24)22-10-12-23(13-11-22)19-20-8-3-9-21-19/h3-5,8-9,14H,6-7,10-13H2,1-2H3. The molecular formula is C19H24N4O. The van der Waals surface area contributed by atoms with E-state index in [0.717, 1.165) is 38.5 Å². The van der Waals surface area contributed by atoms with Crippen molar-refractivity contribution in [3.63, 3.8) is 0 Å². The Morgan fingerprint density at radius 1 is 1.08 bits per heavy atom. The largest absolute Gasteiger partial charge is 0.339 e. The molecule has 5 nitrogen and oxygen atoms in total. The smallest absolute Gasteiger partial charge is 0.225 e. The van der Waals surface area contributed by atoms with Gasteiger partial charge in [0.15, 0.2) is 0 Å². The van der Waals surface area contributed by atoms with E-state index in [2.05, 4.69) is 46.9 Å². The van der Waals surface area contributed by atoms with Gasteiger partial charge in [0.05, 0.1) is 0 Å². The van der Waals surface area contributed by atoms with Crippen LogP contribution in [-0.4, -0.2) is 47.0 Å². The number of amides is 1. The first-order valence-corrected chi connectivity index (χ1v) is 8.49. The molecule has 2 aromatic rings. The zero-order valence-corrected chi connectivity index (χ0v) is 14.4. The Morgan fingerprint density at radius 3 is 2.46 bits per heavy atom. The maximum Gasteiger partial charge on any atom is 0.225 e. The molecule has 0 bridgehead atoms. The van der Waals surface area contributed by atoms with Crippen molar-refractivity contribution in [1.29, 1.82) is 0 Å². The van der Waals surface area contributed by atoms with Crippen molar-refractivity contribution < 1.29 is 4.79 Å². The first-order valence-electron chi connectivity index (χ1n) is 8.49. The maximum absolute atomic E-state index is 12.5. The lowest BCUT2D eigenvalue weighted by molar-refractivity contribution is -0.131. The summed E-state index contributed by atoms with van der Waals surface area (Å²) in [6.45, 7) is 7.27. The van der Waals surface area contributed by atoms with Crippen molar-refractivity contribution >= 4 is 11.9 Å². The minimum absolute atomic E-state index is 0.239. The van der Waals surface area contributed by atoms with E-state index < -0.39 is 0 Å². The molecule has 1 amide bonds. The number of aromatic nitrogens is 2. The summed E-state index contributed by atoms with van der Waals surface area (Å²) in [5, 5.41) is 0. The van der Waals surface area contributed by atoms with Crippen LogP contribution in [0, 0.1) is 13.8 Å². The monoisotopic (exact) mass is 324 g/mol. The normalized spacial score (nSPS) is 14.8. The predicted molar refractivity (Wildman–Crippen MR) is 95.1 cm³/mol. The van der Waals surface area contributed by atoms with Crippen molar-refractivity contribution in [2.75, 3.05) is 31.1 Å². The second-order valence-corrected chi connectivity index (χ2v) is 6.35. The van der Waals surface area contributed by atoms with E-state index in [9.17, 15) is 4.79 Å². The van der Waals surface area contributed by atoms with E-state index in [1.54, 1.807) is 12.4 Å². The van der Waals surface area contributed by atoms with E-state index in [1.165, 1.54) is 16.7 Å². The van der Waals surface area contributed by atoms with Crippen LogP contribution in [0.15, 0.2) is 36.7 Å². The minimum Gasteiger partial charge on any atom is -0.339 e. The number of anilines is 1. The zero-order valence-electron chi connectivity index (χ0n) is 14.4. The van der Waals surface area contributed by atoms with E-state index in [0.29, 0.717) is 6.42 Å². The fourth-order valence-electron chi connectivity index (χ4n) is 3.14. The third-order valence-corrected chi connectivity index (χ3v) is 4.57. The van der Waals surface area contributed by atoms with Gasteiger partial charge in [-0.1, -0.05) is 23.8 Å². The van der Waals surface area contributed by atoms with Gasteiger partial charge in [0.25, 0.3) is 0 Å². The van der Waals surface area contributed by atoms with Gasteiger partial charge in [0.2, 0.25) is 11.9 Å². The Morgan fingerprint density at radius 2 is 1.79 bits per heavy atom. The Bertz CT molecular complexity index is 694. The Kier molecular flexibility index (Phi) is 5.08. The van der Waals surface area contributed by atoms with Crippen LogP contribution >= 0.6 is 0 Å². The van der Waals surface area contributed by atoms with Crippen LogP contribution in [0.2, 0.25) is 0 Å². The summed E-state index contributed by atoms with van der Waals surface area (Å²) in [6.07, 6.45) is 4.90. The molecule has 0 aliphatic carbocycles. The molecule has 24 heavy (non-hydrogen) atoms. The first-order chi connectivity index (χ1) is 11.6. The third kappa shape index (κ3) is 3.91. The molecular weight excluding hydrogens is 300 g/mol. The average Bonchev–Trinajstić information content (AvgIpc) is 2.62. The van der Waals surface area contributed by atoms with E-state index in [4.69, 9.17) is 0 Å². The summed E-state index contributed by atoms with van der Waals surface area (Å²) >= 11 is 0. The van der Waals surface area contributed by atoms with Crippen LogP contribution < -0.4 is 4.90 Å². The number of aryl methyl sites for hydroxylation is 3. The summed E-state index contributed by atoms with van der Waals surface area (Å²) < 4.78 is 0. The van der Waals surface area contributed by atoms with Gasteiger partial charge in [-0.05, 0) is 37.5 Å². The zero-order chi connectivity index (χ0) is 16.9. The molecule has 1 aliphatic heterocycles. The molecule has 0 atom stereocenters. The van der Waals surface area contributed by atoms with Gasteiger partial charge < -0.3 is 9.80 Å². The van der Waals surface area contributed by atoms with Crippen molar-refractivity contribution in [2.45, 2.75) is 26.7 Å². The summed E-state index contributed by atoms with van der Waals surface area (Å²) in [7, 11) is 0. The predicted octanol–water partition coefficient (Wildman–Crippen LogP) is 2.37. The fraction of sp³-hybridized carbons (Fsp3) is 0.421. The number of benzene rings is 1. The Labute approximate surface area is 143 Å². The molecule has 0 spiro atoms. The molecule has 0 radical (unpaired) electrons. The number of piperazine rings is 1. The van der Waals surface area contributed by atoms with Gasteiger partial charge >= 0.3 is 0 Å². The van der Waals surface area contributed by atoms with Crippen LogP contribution in [0.5, 0.6) is 0 Å². The molecule has 0 N–H and O–H groups in total. The molecule has 1 aromatic heterocycles. The van der Waals surface area contributed by atoms with E-state index >= 15 is 0 Å². The number of hydrogen-bond donors (Lipinski definition) is 0. The number of carbonyl (C=O) groups is 1. The SMILES string of the molecule is Cc1ccc(CCC(=O)N2CCN(c3ncccn3)CC2)c(C)c1. The van der Waals surface area contributed by atoms with Gasteiger partial charge in [0.1, 0.15) is 0 Å². The molecule has 1 saturated heterocycles. The molecule has 5 heteroatoms. The second-order valence-electron chi connectivity index (χ2n) is 6.35. The van der Waals surface area contributed by atoms with Crippen LogP contribution in [0.1, 0.15) is 23.1 Å². The quantitative estimate of drug-likeness (QED) is 0.866. The molecule has 3 rings (SSSR count). The van der Waals surface area contributed by atoms with Gasteiger partial charge in [-0.2, -0.15) is 0 Å². The molecule has 126 valence electrons. The highest BCUT2D eigenvalue weighted by Crippen LogP contribution is 2.15.